The molecule has 1 unspecified atom stereocenters. The van der Waals surface area contributed by atoms with Gasteiger partial charge >= 0.3 is 0 Å². The van der Waals surface area contributed by atoms with Gasteiger partial charge in [-0.1, -0.05) is 29.8 Å². The summed E-state index contributed by atoms with van der Waals surface area (Å²) in [5.74, 6) is 0. The van der Waals surface area contributed by atoms with Crippen LogP contribution in [0, 0.1) is 6.92 Å². The van der Waals surface area contributed by atoms with Gasteiger partial charge in [0, 0.05) is 30.5 Å². The highest BCUT2D eigenvalue weighted by molar-refractivity contribution is 5.56. The molecule has 2 aromatic carbocycles. The highest BCUT2D eigenvalue weighted by Gasteiger charge is 2.12. The summed E-state index contributed by atoms with van der Waals surface area (Å²) in [4.78, 5) is 2.47. The van der Waals surface area contributed by atoms with Gasteiger partial charge in [-0.3, -0.25) is 0 Å². The zero-order valence-electron chi connectivity index (χ0n) is 13.0. The summed E-state index contributed by atoms with van der Waals surface area (Å²) in [6.45, 7) is 6.75. The molecule has 1 atom stereocenters. The zero-order valence-corrected chi connectivity index (χ0v) is 13.0. The van der Waals surface area contributed by atoms with E-state index in [1.807, 2.05) is 0 Å². The minimum absolute atomic E-state index is 0.322. The van der Waals surface area contributed by atoms with Crippen molar-refractivity contribution in [3.05, 3.63) is 59.7 Å². The van der Waals surface area contributed by atoms with E-state index in [2.05, 4.69) is 72.6 Å². The van der Waals surface area contributed by atoms with Crippen LogP contribution in [0.25, 0.3) is 0 Å². The fourth-order valence-electron chi connectivity index (χ4n) is 3.02. The smallest absolute Gasteiger partial charge is 0.0485 e. The zero-order chi connectivity index (χ0) is 14.7. The molecule has 1 saturated heterocycles. The standard InChI is InChI=1S/C19H24N2/c1-15-6-5-7-17(14-15)16(2)20-18-8-10-19(11-9-18)21-12-3-4-13-21/h5-11,14,16,20H,3-4,12-13H2,1-2H3. The van der Waals surface area contributed by atoms with Crippen LogP contribution in [-0.4, -0.2) is 13.1 Å². The molecule has 0 saturated carbocycles. The van der Waals surface area contributed by atoms with Crippen molar-refractivity contribution in [1.82, 2.24) is 0 Å². The molecule has 1 N–H and O–H groups in total. The average Bonchev–Trinajstić information content (AvgIpc) is 3.02. The largest absolute Gasteiger partial charge is 0.379 e. The Morgan fingerprint density at radius 2 is 1.71 bits per heavy atom. The third kappa shape index (κ3) is 3.38. The van der Waals surface area contributed by atoms with Crippen molar-refractivity contribution >= 4 is 11.4 Å². The van der Waals surface area contributed by atoms with E-state index in [0.717, 1.165) is 0 Å². The van der Waals surface area contributed by atoms with E-state index in [0.29, 0.717) is 6.04 Å². The maximum Gasteiger partial charge on any atom is 0.0485 e. The van der Waals surface area contributed by atoms with E-state index in [4.69, 9.17) is 0 Å². The molecule has 0 radical (unpaired) electrons. The molecule has 21 heavy (non-hydrogen) atoms. The van der Waals surface area contributed by atoms with Gasteiger partial charge in [-0.2, -0.15) is 0 Å². The number of hydrogen-bond acceptors (Lipinski definition) is 2. The van der Waals surface area contributed by atoms with Crippen LogP contribution >= 0.6 is 0 Å². The van der Waals surface area contributed by atoms with Crippen molar-refractivity contribution in [1.29, 1.82) is 0 Å². The molecule has 0 amide bonds. The van der Waals surface area contributed by atoms with Gasteiger partial charge in [0.05, 0.1) is 0 Å². The second-order valence-electron chi connectivity index (χ2n) is 6.02. The Hall–Kier alpha value is -1.96. The van der Waals surface area contributed by atoms with Crippen LogP contribution in [0.15, 0.2) is 48.5 Å². The molecule has 2 aromatic rings. The van der Waals surface area contributed by atoms with Crippen molar-refractivity contribution in [2.45, 2.75) is 32.7 Å². The van der Waals surface area contributed by atoms with Gasteiger partial charge < -0.3 is 10.2 Å². The van der Waals surface area contributed by atoms with E-state index in [-0.39, 0.29) is 0 Å². The number of benzene rings is 2. The molecule has 2 heteroatoms. The number of nitrogens with zero attached hydrogens (tertiary/aromatic N) is 1. The normalized spacial score (nSPS) is 16.0. The molecular formula is C19H24N2. The van der Waals surface area contributed by atoms with Crippen molar-refractivity contribution in [2.75, 3.05) is 23.3 Å². The lowest BCUT2D eigenvalue weighted by molar-refractivity contribution is 0.882. The first-order valence-electron chi connectivity index (χ1n) is 7.90. The van der Waals surface area contributed by atoms with Gasteiger partial charge in [0.1, 0.15) is 0 Å². The topological polar surface area (TPSA) is 15.3 Å². The Labute approximate surface area is 127 Å². The fraction of sp³-hybridized carbons (Fsp3) is 0.368. The van der Waals surface area contributed by atoms with Crippen molar-refractivity contribution < 1.29 is 0 Å². The SMILES string of the molecule is Cc1cccc(C(C)Nc2ccc(N3CCCC3)cc2)c1. The molecule has 1 aliphatic rings. The highest BCUT2D eigenvalue weighted by atomic mass is 15.1. The van der Waals surface area contributed by atoms with E-state index < -0.39 is 0 Å². The number of rotatable bonds is 4. The molecule has 0 spiro atoms. The maximum atomic E-state index is 3.58. The van der Waals surface area contributed by atoms with Crippen LogP contribution in [0.4, 0.5) is 11.4 Å². The first-order valence-corrected chi connectivity index (χ1v) is 7.90. The number of nitrogens with one attached hydrogen (secondary N) is 1. The Morgan fingerprint density at radius 1 is 1.00 bits per heavy atom. The Morgan fingerprint density at radius 3 is 2.38 bits per heavy atom. The molecule has 3 rings (SSSR count). The van der Waals surface area contributed by atoms with Gasteiger partial charge in [-0.15, -0.1) is 0 Å². The number of aryl methyl sites for hydroxylation is 1. The molecule has 1 aliphatic heterocycles. The summed E-state index contributed by atoms with van der Waals surface area (Å²) >= 11 is 0. The van der Waals surface area contributed by atoms with Gasteiger partial charge in [0.25, 0.3) is 0 Å². The second kappa shape index (κ2) is 6.21. The van der Waals surface area contributed by atoms with Gasteiger partial charge in [-0.25, -0.2) is 0 Å². The predicted octanol–water partition coefficient (Wildman–Crippen LogP) is 4.77. The van der Waals surface area contributed by atoms with Crippen LogP contribution in [-0.2, 0) is 0 Å². The lowest BCUT2D eigenvalue weighted by atomic mass is 10.1. The summed E-state index contributed by atoms with van der Waals surface area (Å²) in [5.41, 5.74) is 5.18. The minimum atomic E-state index is 0.322. The lowest BCUT2D eigenvalue weighted by Crippen LogP contribution is -2.17. The molecule has 0 aromatic heterocycles. The van der Waals surface area contributed by atoms with E-state index in [9.17, 15) is 0 Å². The third-order valence-corrected chi connectivity index (χ3v) is 4.26. The van der Waals surface area contributed by atoms with Crippen LogP contribution in [0.2, 0.25) is 0 Å². The van der Waals surface area contributed by atoms with Crippen molar-refractivity contribution in [2.24, 2.45) is 0 Å². The number of anilines is 2. The molecule has 2 nitrogen and oxygen atoms in total. The third-order valence-electron chi connectivity index (χ3n) is 4.26. The monoisotopic (exact) mass is 280 g/mol. The summed E-state index contributed by atoms with van der Waals surface area (Å²) in [6.07, 6.45) is 2.65. The van der Waals surface area contributed by atoms with Crippen molar-refractivity contribution in [3.63, 3.8) is 0 Å². The first-order chi connectivity index (χ1) is 10.2. The quantitative estimate of drug-likeness (QED) is 0.868. The summed E-state index contributed by atoms with van der Waals surface area (Å²) in [5, 5.41) is 3.58. The van der Waals surface area contributed by atoms with Crippen LogP contribution in [0.5, 0.6) is 0 Å². The minimum Gasteiger partial charge on any atom is -0.379 e. The lowest BCUT2D eigenvalue weighted by Gasteiger charge is -2.20. The molecule has 110 valence electrons. The predicted molar refractivity (Wildman–Crippen MR) is 91.1 cm³/mol. The van der Waals surface area contributed by atoms with E-state index in [1.54, 1.807) is 0 Å². The maximum absolute atomic E-state index is 3.58. The number of hydrogen-bond donors (Lipinski definition) is 1. The van der Waals surface area contributed by atoms with Gasteiger partial charge in [0.15, 0.2) is 0 Å². The summed E-state index contributed by atoms with van der Waals surface area (Å²) < 4.78 is 0. The van der Waals surface area contributed by atoms with E-state index >= 15 is 0 Å². The van der Waals surface area contributed by atoms with Crippen LogP contribution in [0.3, 0.4) is 0 Å². The van der Waals surface area contributed by atoms with Crippen LogP contribution < -0.4 is 10.2 Å². The highest BCUT2D eigenvalue weighted by Crippen LogP contribution is 2.24. The van der Waals surface area contributed by atoms with E-state index in [1.165, 1.54) is 48.4 Å². The molecule has 0 aliphatic carbocycles. The average molecular weight is 280 g/mol. The Kier molecular flexibility index (Phi) is 4.14. The Bertz CT molecular complexity index is 583. The summed E-state index contributed by atoms with van der Waals surface area (Å²) in [7, 11) is 0. The Balaban J connectivity index is 1.67. The van der Waals surface area contributed by atoms with Gasteiger partial charge in [0.2, 0.25) is 0 Å². The summed E-state index contributed by atoms with van der Waals surface area (Å²) in [6, 6.07) is 17.9. The molecule has 0 bridgehead atoms. The fourth-order valence-corrected chi connectivity index (χ4v) is 3.02. The molecular weight excluding hydrogens is 256 g/mol. The first kappa shape index (κ1) is 14.0. The van der Waals surface area contributed by atoms with Gasteiger partial charge in [-0.05, 0) is 56.5 Å². The van der Waals surface area contributed by atoms with Crippen LogP contribution in [0.1, 0.15) is 36.9 Å². The molecule has 1 heterocycles. The second-order valence-corrected chi connectivity index (χ2v) is 6.02. The molecule has 1 fully saturated rings. The van der Waals surface area contributed by atoms with Crippen molar-refractivity contribution in [3.8, 4) is 0 Å².